The summed E-state index contributed by atoms with van der Waals surface area (Å²) in [5, 5.41) is 0. The van der Waals surface area contributed by atoms with Crippen molar-refractivity contribution in [2.75, 3.05) is 0 Å². The summed E-state index contributed by atoms with van der Waals surface area (Å²) < 4.78 is 6.99. The van der Waals surface area contributed by atoms with Gasteiger partial charge in [-0.3, -0.25) is 4.99 Å². The summed E-state index contributed by atoms with van der Waals surface area (Å²) in [4.78, 5) is 4.41. The van der Waals surface area contributed by atoms with Crippen LogP contribution in [0.2, 0.25) is 0 Å². The Balaban J connectivity index is 2.25. The Hall–Kier alpha value is -0.870. The molecule has 0 fully saturated rings. The SMILES string of the molecule is Cc1ccc(N=Cc2cc(Br)c(Br)o2)c(C)c1. The lowest BCUT2D eigenvalue weighted by atomic mass is 10.1. The number of halogens is 2. The van der Waals surface area contributed by atoms with E-state index in [1.165, 1.54) is 5.56 Å². The summed E-state index contributed by atoms with van der Waals surface area (Å²) in [6.45, 7) is 4.12. The number of hydrogen-bond donors (Lipinski definition) is 0. The van der Waals surface area contributed by atoms with Crippen LogP contribution in [-0.4, -0.2) is 6.21 Å². The molecule has 0 aliphatic carbocycles. The summed E-state index contributed by atoms with van der Waals surface area (Å²) in [6, 6.07) is 8.04. The van der Waals surface area contributed by atoms with E-state index in [4.69, 9.17) is 4.42 Å². The molecule has 1 heterocycles. The monoisotopic (exact) mass is 355 g/mol. The van der Waals surface area contributed by atoms with E-state index in [9.17, 15) is 0 Å². The molecule has 0 aliphatic heterocycles. The van der Waals surface area contributed by atoms with E-state index in [-0.39, 0.29) is 0 Å². The third-order valence-corrected chi connectivity index (χ3v) is 4.06. The van der Waals surface area contributed by atoms with Crippen molar-refractivity contribution in [2.45, 2.75) is 13.8 Å². The number of aliphatic imine (C=N–C) groups is 1. The first-order valence-corrected chi connectivity index (χ1v) is 6.71. The van der Waals surface area contributed by atoms with Crippen LogP contribution in [0.4, 0.5) is 5.69 Å². The highest BCUT2D eigenvalue weighted by atomic mass is 79.9. The average Bonchev–Trinajstić information content (AvgIpc) is 2.57. The van der Waals surface area contributed by atoms with E-state index in [0.717, 1.165) is 15.7 Å². The molecule has 0 saturated heterocycles. The molecule has 2 rings (SSSR count). The van der Waals surface area contributed by atoms with Gasteiger partial charge in [-0.15, -0.1) is 0 Å². The minimum atomic E-state index is 0.680. The van der Waals surface area contributed by atoms with Crippen molar-refractivity contribution in [3.63, 3.8) is 0 Å². The second-order valence-electron chi connectivity index (χ2n) is 3.82. The molecule has 0 spiro atoms. The van der Waals surface area contributed by atoms with Gasteiger partial charge in [-0.25, -0.2) is 0 Å². The molecule has 0 atom stereocenters. The van der Waals surface area contributed by atoms with E-state index in [2.05, 4.69) is 49.8 Å². The van der Waals surface area contributed by atoms with Gasteiger partial charge in [0.2, 0.25) is 0 Å². The molecule has 0 N–H and O–H groups in total. The van der Waals surface area contributed by atoms with Crippen molar-refractivity contribution < 1.29 is 4.42 Å². The molecule has 0 bridgehead atoms. The summed E-state index contributed by atoms with van der Waals surface area (Å²) in [6.07, 6.45) is 1.72. The lowest BCUT2D eigenvalue weighted by Crippen LogP contribution is -1.79. The number of furan rings is 1. The zero-order valence-corrected chi connectivity index (χ0v) is 12.7. The van der Waals surface area contributed by atoms with E-state index in [1.807, 2.05) is 25.1 Å². The van der Waals surface area contributed by atoms with Crippen LogP contribution in [0.25, 0.3) is 0 Å². The van der Waals surface area contributed by atoms with Crippen LogP contribution in [-0.2, 0) is 0 Å². The maximum atomic E-state index is 5.42. The van der Waals surface area contributed by atoms with Crippen molar-refractivity contribution in [3.05, 3.63) is 50.3 Å². The molecule has 17 heavy (non-hydrogen) atoms. The fourth-order valence-electron chi connectivity index (χ4n) is 1.51. The lowest BCUT2D eigenvalue weighted by Gasteiger charge is -2.00. The van der Waals surface area contributed by atoms with Crippen LogP contribution in [0.15, 0.2) is 42.8 Å². The number of rotatable bonds is 2. The molecule has 0 amide bonds. The van der Waals surface area contributed by atoms with Crippen molar-refractivity contribution >= 4 is 43.8 Å². The molecular weight excluding hydrogens is 346 g/mol. The van der Waals surface area contributed by atoms with Crippen molar-refractivity contribution in [1.29, 1.82) is 0 Å². The van der Waals surface area contributed by atoms with E-state index >= 15 is 0 Å². The molecule has 2 aromatic rings. The molecule has 0 aliphatic rings. The first-order valence-electron chi connectivity index (χ1n) is 5.12. The predicted octanol–water partition coefficient (Wildman–Crippen LogP) is 5.17. The van der Waals surface area contributed by atoms with Crippen LogP contribution in [0.3, 0.4) is 0 Å². The summed E-state index contributed by atoms with van der Waals surface area (Å²) in [5.41, 5.74) is 3.36. The van der Waals surface area contributed by atoms with Crippen LogP contribution >= 0.6 is 31.9 Å². The zero-order chi connectivity index (χ0) is 12.4. The third-order valence-electron chi connectivity index (χ3n) is 2.35. The van der Waals surface area contributed by atoms with Crippen LogP contribution < -0.4 is 0 Å². The Morgan fingerprint density at radius 2 is 1.94 bits per heavy atom. The second kappa shape index (κ2) is 5.19. The fourth-order valence-corrected chi connectivity index (χ4v) is 2.12. The first-order chi connectivity index (χ1) is 8.06. The highest BCUT2D eigenvalue weighted by molar-refractivity contribution is 9.13. The van der Waals surface area contributed by atoms with E-state index in [1.54, 1.807) is 6.21 Å². The zero-order valence-electron chi connectivity index (χ0n) is 9.50. The van der Waals surface area contributed by atoms with Gasteiger partial charge in [-0.05, 0) is 57.3 Å². The predicted molar refractivity (Wildman–Crippen MR) is 77.3 cm³/mol. The molecule has 0 unspecified atom stereocenters. The quantitative estimate of drug-likeness (QED) is 0.681. The third kappa shape index (κ3) is 3.07. The van der Waals surface area contributed by atoms with Crippen LogP contribution in [0, 0.1) is 13.8 Å². The largest absolute Gasteiger partial charge is 0.447 e. The van der Waals surface area contributed by atoms with Gasteiger partial charge in [0.15, 0.2) is 4.67 Å². The second-order valence-corrected chi connectivity index (χ2v) is 5.39. The Morgan fingerprint density at radius 1 is 1.18 bits per heavy atom. The molecule has 88 valence electrons. The van der Waals surface area contributed by atoms with Gasteiger partial charge in [-0.2, -0.15) is 0 Å². The summed E-state index contributed by atoms with van der Waals surface area (Å²) in [5.74, 6) is 0.712. The van der Waals surface area contributed by atoms with Gasteiger partial charge >= 0.3 is 0 Å². The highest BCUT2D eigenvalue weighted by Gasteiger charge is 2.03. The van der Waals surface area contributed by atoms with E-state index in [0.29, 0.717) is 10.4 Å². The minimum Gasteiger partial charge on any atom is -0.447 e. The van der Waals surface area contributed by atoms with Gasteiger partial charge < -0.3 is 4.42 Å². The van der Waals surface area contributed by atoms with E-state index < -0.39 is 0 Å². The van der Waals surface area contributed by atoms with Crippen molar-refractivity contribution in [2.24, 2.45) is 4.99 Å². The van der Waals surface area contributed by atoms with Gasteiger partial charge in [0, 0.05) is 6.07 Å². The maximum absolute atomic E-state index is 5.42. The standard InChI is InChI=1S/C13H11Br2NO/c1-8-3-4-12(9(2)5-8)16-7-10-6-11(14)13(15)17-10/h3-7H,1-2H3. The highest BCUT2D eigenvalue weighted by Crippen LogP contribution is 2.26. The van der Waals surface area contributed by atoms with Gasteiger partial charge in [0.25, 0.3) is 0 Å². The van der Waals surface area contributed by atoms with Crippen LogP contribution in [0.1, 0.15) is 16.9 Å². The van der Waals surface area contributed by atoms with Gasteiger partial charge in [0.1, 0.15) is 5.76 Å². The average molecular weight is 357 g/mol. The van der Waals surface area contributed by atoms with Crippen molar-refractivity contribution in [3.8, 4) is 0 Å². The molecule has 1 aromatic carbocycles. The Morgan fingerprint density at radius 3 is 2.53 bits per heavy atom. The van der Waals surface area contributed by atoms with Crippen LogP contribution in [0.5, 0.6) is 0 Å². The number of nitrogens with zero attached hydrogens (tertiary/aromatic N) is 1. The summed E-state index contributed by atoms with van der Waals surface area (Å²) >= 11 is 6.66. The number of hydrogen-bond acceptors (Lipinski definition) is 2. The lowest BCUT2D eigenvalue weighted by molar-refractivity contribution is 0.533. The fraction of sp³-hybridized carbons (Fsp3) is 0.154. The maximum Gasteiger partial charge on any atom is 0.184 e. The number of benzene rings is 1. The van der Waals surface area contributed by atoms with Crippen molar-refractivity contribution in [1.82, 2.24) is 0 Å². The molecule has 0 radical (unpaired) electrons. The minimum absolute atomic E-state index is 0.680. The smallest absolute Gasteiger partial charge is 0.184 e. The van der Waals surface area contributed by atoms with Gasteiger partial charge in [0.05, 0.1) is 16.4 Å². The molecule has 1 aromatic heterocycles. The number of aryl methyl sites for hydroxylation is 2. The molecule has 4 heteroatoms. The molecule has 0 saturated carbocycles. The molecule has 2 nitrogen and oxygen atoms in total. The Labute approximate surface area is 117 Å². The topological polar surface area (TPSA) is 25.5 Å². The Kier molecular flexibility index (Phi) is 3.84. The normalized spacial score (nSPS) is 11.3. The Bertz CT molecular complexity index is 553. The summed E-state index contributed by atoms with van der Waals surface area (Å²) in [7, 11) is 0. The first kappa shape index (κ1) is 12.6. The molecular formula is C13H11Br2NO. The van der Waals surface area contributed by atoms with Gasteiger partial charge in [-0.1, -0.05) is 17.7 Å².